The molecule has 1 aromatic heterocycles. The molecule has 3 nitrogen and oxygen atoms in total. The Morgan fingerprint density at radius 3 is 2.56 bits per heavy atom. The first-order valence-electron chi connectivity index (χ1n) is 4.96. The van der Waals surface area contributed by atoms with Crippen molar-refractivity contribution < 1.29 is 8.42 Å². The molecule has 0 fully saturated rings. The van der Waals surface area contributed by atoms with Crippen LogP contribution >= 0.6 is 43.2 Å². The van der Waals surface area contributed by atoms with Crippen molar-refractivity contribution in [3.05, 3.63) is 49.5 Å². The SMILES string of the molecule is O=S(=O)(NCc1cc(Br)cs1)c1ccccc1Br. The van der Waals surface area contributed by atoms with Gasteiger partial charge in [0.2, 0.25) is 10.0 Å². The van der Waals surface area contributed by atoms with Gasteiger partial charge in [0, 0.05) is 25.7 Å². The van der Waals surface area contributed by atoms with Gasteiger partial charge in [0.1, 0.15) is 0 Å². The summed E-state index contributed by atoms with van der Waals surface area (Å²) < 4.78 is 28.3. The van der Waals surface area contributed by atoms with Crippen molar-refractivity contribution in [3.63, 3.8) is 0 Å². The van der Waals surface area contributed by atoms with Gasteiger partial charge in [-0.1, -0.05) is 12.1 Å². The molecule has 0 saturated heterocycles. The molecule has 18 heavy (non-hydrogen) atoms. The average Bonchev–Trinajstić information content (AvgIpc) is 2.73. The van der Waals surface area contributed by atoms with Gasteiger partial charge >= 0.3 is 0 Å². The smallest absolute Gasteiger partial charge is 0.207 e. The highest BCUT2D eigenvalue weighted by molar-refractivity contribution is 9.10. The van der Waals surface area contributed by atoms with Crippen LogP contribution in [0.1, 0.15) is 4.88 Å². The number of benzene rings is 1. The highest BCUT2D eigenvalue weighted by atomic mass is 79.9. The van der Waals surface area contributed by atoms with Gasteiger partial charge in [-0.3, -0.25) is 0 Å². The Bertz CT molecular complexity index is 653. The first-order valence-corrected chi connectivity index (χ1v) is 8.91. The van der Waals surface area contributed by atoms with Crippen LogP contribution in [-0.4, -0.2) is 8.42 Å². The summed E-state index contributed by atoms with van der Waals surface area (Å²) in [6.07, 6.45) is 0. The van der Waals surface area contributed by atoms with Crippen molar-refractivity contribution in [1.29, 1.82) is 0 Å². The number of nitrogens with one attached hydrogen (secondary N) is 1. The van der Waals surface area contributed by atoms with Crippen molar-refractivity contribution >= 4 is 53.2 Å². The molecular weight excluding hydrogens is 402 g/mol. The second-order valence-electron chi connectivity index (χ2n) is 3.49. The Morgan fingerprint density at radius 2 is 1.94 bits per heavy atom. The maximum Gasteiger partial charge on any atom is 0.242 e. The van der Waals surface area contributed by atoms with Crippen molar-refractivity contribution in [2.24, 2.45) is 0 Å². The summed E-state index contributed by atoms with van der Waals surface area (Å²) in [5.74, 6) is 0. The lowest BCUT2D eigenvalue weighted by Gasteiger charge is -2.07. The minimum atomic E-state index is -3.49. The Kier molecular flexibility index (Phi) is 4.60. The fourth-order valence-electron chi connectivity index (χ4n) is 1.35. The molecule has 0 radical (unpaired) electrons. The normalized spacial score (nSPS) is 11.7. The lowest BCUT2D eigenvalue weighted by molar-refractivity contribution is 0.581. The summed E-state index contributed by atoms with van der Waals surface area (Å²) in [7, 11) is -3.49. The number of halogens is 2. The predicted octanol–water partition coefficient (Wildman–Crippen LogP) is 3.75. The van der Waals surface area contributed by atoms with Crippen LogP contribution in [0, 0.1) is 0 Å². The lowest BCUT2D eigenvalue weighted by atomic mass is 10.4. The zero-order valence-corrected chi connectivity index (χ0v) is 13.9. The maximum absolute atomic E-state index is 12.1. The summed E-state index contributed by atoms with van der Waals surface area (Å²) in [6, 6.07) is 8.64. The third-order valence-corrected chi connectivity index (χ3v) is 6.30. The molecule has 0 aliphatic rings. The van der Waals surface area contributed by atoms with E-state index in [9.17, 15) is 8.42 Å². The molecule has 0 aliphatic heterocycles. The molecule has 0 saturated carbocycles. The molecular formula is C11H9Br2NO2S2. The minimum absolute atomic E-state index is 0.251. The maximum atomic E-state index is 12.1. The fourth-order valence-corrected chi connectivity index (χ4v) is 4.84. The van der Waals surface area contributed by atoms with E-state index in [1.165, 1.54) is 11.3 Å². The predicted molar refractivity (Wildman–Crippen MR) is 80.2 cm³/mol. The molecule has 96 valence electrons. The van der Waals surface area contributed by atoms with Gasteiger partial charge in [-0.2, -0.15) is 0 Å². The molecule has 1 heterocycles. The summed E-state index contributed by atoms with van der Waals surface area (Å²) in [4.78, 5) is 1.21. The topological polar surface area (TPSA) is 46.2 Å². The van der Waals surface area contributed by atoms with Crippen molar-refractivity contribution in [2.75, 3.05) is 0 Å². The van der Waals surface area contributed by atoms with Crippen molar-refractivity contribution in [3.8, 4) is 0 Å². The molecule has 2 rings (SSSR count). The summed E-state index contributed by atoms with van der Waals surface area (Å²) >= 11 is 8.08. The van der Waals surface area contributed by atoms with Gasteiger partial charge in [-0.05, 0) is 50.1 Å². The van der Waals surface area contributed by atoms with E-state index in [4.69, 9.17) is 0 Å². The number of hydrogen-bond donors (Lipinski definition) is 1. The molecule has 1 N–H and O–H groups in total. The molecule has 7 heteroatoms. The highest BCUT2D eigenvalue weighted by Crippen LogP contribution is 2.23. The third kappa shape index (κ3) is 3.42. The molecule has 0 aliphatic carbocycles. The largest absolute Gasteiger partial charge is 0.242 e. The van der Waals surface area contributed by atoms with E-state index in [1.54, 1.807) is 24.3 Å². The van der Waals surface area contributed by atoms with Crippen LogP contribution < -0.4 is 4.72 Å². The van der Waals surface area contributed by atoms with E-state index in [-0.39, 0.29) is 4.90 Å². The number of thiophene rings is 1. The van der Waals surface area contributed by atoms with E-state index >= 15 is 0 Å². The highest BCUT2D eigenvalue weighted by Gasteiger charge is 2.16. The quantitative estimate of drug-likeness (QED) is 0.834. The van der Waals surface area contributed by atoms with Crippen LogP contribution in [0.2, 0.25) is 0 Å². The van der Waals surface area contributed by atoms with Crippen LogP contribution in [0.15, 0.2) is 49.6 Å². The van der Waals surface area contributed by atoms with Gasteiger partial charge in [-0.25, -0.2) is 13.1 Å². The van der Waals surface area contributed by atoms with E-state index in [2.05, 4.69) is 36.6 Å². The van der Waals surface area contributed by atoms with E-state index in [1.807, 2.05) is 11.4 Å². The standard InChI is InChI=1S/C11H9Br2NO2S2/c12-8-5-9(17-7-8)6-14-18(15,16)11-4-2-1-3-10(11)13/h1-5,7,14H,6H2. The first-order chi connectivity index (χ1) is 8.49. The second-order valence-corrected chi connectivity index (χ2v) is 7.99. The van der Waals surface area contributed by atoms with Gasteiger partial charge in [0.25, 0.3) is 0 Å². The zero-order valence-electron chi connectivity index (χ0n) is 9.06. The summed E-state index contributed by atoms with van der Waals surface area (Å²) in [6.45, 7) is 0.292. The monoisotopic (exact) mass is 409 g/mol. The summed E-state index contributed by atoms with van der Waals surface area (Å²) in [5.41, 5.74) is 0. The summed E-state index contributed by atoms with van der Waals surface area (Å²) in [5, 5.41) is 1.92. The van der Waals surface area contributed by atoms with Gasteiger partial charge < -0.3 is 0 Å². The zero-order chi connectivity index (χ0) is 13.2. The van der Waals surface area contributed by atoms with E-state index < -0.39 is 10.0 Å². The van der Waals surface area contributed by atoms with Crippen LogP contribution in [0.4, 0.5) is 0 Å². The third-order valence-electron chi connectivity index (χ3n) is 2.18. The van der Waals surface area contributed by atoms with E-state index in [0.717, 1.165) is 9.35 Å². The Morgan fingerprint density at radius 1 is 1.22 bits per heavy atom. The molecule has 2 aromatic rings. The van der Waals surface area contributed by atoms with Crippen LogP contribution in [-0.2, 0) is 16.6 Å². The number of sulfonamides is 1. The van der Waals surface area contributed by atoms with Gasteiger partial charge in [-0.15, -0.1) is 11.3 Å². The van der Waals surface area contributed by atoms with Crippen LogP contribution in [0.3, 0.4) is 0 Å². The molecule has 0 bridgehead atoms. The number of hydrogen-bond acceptors (Lipinski definition) is 3. The van der Waals surface area contributed by atoms with E-state index in [0.29, 0.717) is 11.0 Å². The molecule has 1 aromatic carbocycles. The lowest BCUT2D eigenvalue weighted by Crippen LogP contribution is -2.23. The second kappa shape index (κ2) is 5.83. The molecule has 0 amide bonds. The molecule has 0 spiro atoms. The van der Waals surface area contributed by atoms with Crippen molar-refractivity contribution in [2.45, 2.75) is 11.4 Å². The Hall–Kier alpha value is -0.210. The Labute approximate surface area is 127 Å². The van der Waals surface area contributed by atoms with Gasteiger partial charge in [0.15, 0.2) is 0 Å². The average molecular weight is 411 g/mol. The minimum Gasteiger partial charge on any atom is -0.207 e. The molecule has 0 unspecified atom stereocenters. The fraction of sp³-hybridized carbons (Fsp3) is 0.0909. The van der Waals surface area contributed by atoms with Crippen LogP contribution in [0.5, 0.6) is 0 Å². The van der Waals surface area contributed by atoms with Crippen LogP contribution in [0.25, 0.3) is 0 Å². The Balaban J connectivity index is 2.16. The van der Waals surface area contributed by atoms with Gasteiger partial charge in [0.05, 0.1) is 4.90 Å². The number of rotatable bonds is 4. The van der Waals surface area contributed by atoms with Crippen molar-refractivity contribution in [1.82, 2.24) is 4.72 Å². The molecule has 0 atom stereocenters. The first kappa shape index (κ1) is 14.2.